The fourth-order valence-electron chi connectivity index (χ4n) is 2.08. The summed E-state index contributed by atoms with van der Waals surface area (Å²) in [6.45, 7) is 3.92. The molecule has 0 amide bonds. The molecule has 0 N–H and O–H groups in total. The third-order valence-electron chi connectivity index (χ3n) is 3.32. The highest BCUT2D eigenvalue weighted by molar-refractivity contribution is 5.97. The number of esters is 1. The summed E-state index contributed by atoms with van der Waals surface area (Å²) >= 11 is 0. The first-order valence-electron chi connectivity index (χ1n) is 7.15. The van der Waals surface area contributed by atoms with Gasteiger partial charge in [0.05, 0.1) is 6.42 Å². The van der Waals surface area contributed by atoms with E-state index in [-0.39, 0.29) is 31.2 Å². The average molecular weight is 294 g/mol. The van der Waals surface area contributed by atoms with Crippen LogP contribution < -0.4 is 0 Å². The van der Waals surface area contributed by atoms with E-state index >= 15 is 0 Å². The monoisotopic (exact) mass is 294 g/mol. The molecule has 0 fully saturated rings. The molecule has 0 bridgehead atoms. The van der Waals surface area contributed by atoms with E-state index in [1.165, 1.54) is 0 Å². The van der Waals surface area contributed by atoms with E-state index in [0.29, 0.717) is 5.56 Å². The van der Waals surface area contributed by atoms with Crippen molar-refractivity contribution in [3.8, 4) is 0 Å². The molecule has 0 saturated carbocycles. The molecule has 0 atom stereocenters. The number of Topliss-reactive ketones (excluding diaryl/α,β-unsaturated/α-hetero) is 1. The molecule has 112 valence electrons. The van der Waals surface area contributed by atoms with Crippen LogP contribution in [0, 0.1) is 0 Å². The number of hydrogen-bond donors (Lipinski definition) is 0. The van der Waals surface area contributed by atoms with Gasteiger partial charge in [0.1, 0.15) is 6.61 Å². The molecule has 2 aromatic carbocycles. The number of hydrogen-bond acceptors (Lipinski definition) is 3. The smallest absolute Gasteiger partial charge is 0.306 e. The molecule has 2 rings (SSSR count). The summed E-state index contributed by atoms with van der Waals surface area (Å²) in [6.07, 6.45) is 1.97. The van der Waals surface area contributed by atoms with Crippen molar-refractivity contribution in [2.24, 2.45) is 0 Å². The molecule has 0 heterocycles. The van der Waals surface area contributed by atoms with Crippen molar-refractivity contribution in [2.45, 2.75) is 19.4 Å². The first kappa shape index (κ1) is 15.7. The largest absolute Gasteiger partial charge is 0.461 e. The van der Waals surface area contributed by atoms with Crippen LogP contribution in [0.15, 0.2) is 61.2 Å². The summed E-state index contributed by atoms with van der Waals surface area (Å²) in [6, 6.07) is 16.5. The normalized spacial score (nSPS) is 10.0. The second kappa shape index (κ2) is 7.93. The Bertz CT molecular complexity index is 659. The third-order valence-corrected chi connectivity index (χ3v) is 3.32. The Balaban J connectivity index is 1.81. The average Bonchev–Trinajstić information content (AvgIpc) is 2.58. The molecular weight excluding hydrogens is 276 g/mol. The summed E-state index contributed by atoms with van der Waals surface area (Å²) < 4.78 is 5.22. The molecule has 2 aromatic rings. The lowest BCUT2D eigenvalue weighted by Gasteiger charge is -2.07. The van der Waals surface area contributed by atoms with Gasteiger partial charge in [-0.05, 0) is 11.1 Å². The Morgan fingerprint density at radius 3 is 2.36 bits per heavy atom. The van der Waals surface area contributed by atoms with Gasteiger partial charge in [0.15, 0.2) is 5.78 Å². The first-order chi connectivity index (χ1) is 10.7. The van der Waals surface area contributed by atoms with Crippen molar-refractivity contribution in [3.05, 3.63) is 77.9 Å². The standard InChI is InChI=1S/C19H18O3/c1-2-15-8-6-7-11-17(15)14-22-19(21)13-12-18(20)16-9-4-3-5-10-16/h2-11H,1,12-14H2. The van der Waals surface area contributed by atoms with E-state index in [1.807, 2.05) is 30.3 Å². The van der Waals surface area contributed by atoms with Gasteiger partial charge in [0.2, 0.25) is 0 Å². The second-order valence-electron chi connectivity index (χ2n) is 4.85. The van der Waals surface area contributed by atoms with Crippen molar-refractivity contribution in [1.29, 1.82) is 0 Å². The molecule has 0 spiro atoms. The van der Waals surface area contributed by atoms with E-state index in [4.69, 9.17) is 4.74 Å². The maximum atomic E-state index is 11.9. The SMILES string of the molecule is C=Cc1ccccc1COC(=O)CCC(=O)c1ccccc1. The van der Waals surface area contributed by atoms with Crippen LogP contribution in [0.4, 0.5) is 0 Å². The minimum absolute atomic E-state index is 0.0518. The Hall–Kier alpha value is -2.68. The predicted molar refractivity (Wildman–Crippen MR) is 86.3 cm³/mol. The lowest BCUT2D eigenvalue weighted by molar-refractivity contribution is -0.144. The molecule has 0 aliphatic heterocycles. The van der Waals surface area contributed by atoms with E-state index in [0.717, 1.165) is 11.1 Å². The zero-order chi connectivity index (χ0) is 15.8. The van der Waals surface area contributed by atoms with Crippen LogP contribution in [-0.4, -0.2) is 11.8 Å². The van der Waals surface area contributed by atoms with E-state index in [2.05, 4.69) is 6.58 Å². The highest BCUT2D eigenvalue weighted by atomic mass is 16.5. The molecule has 0 saturated heterocycles. The molecule has 0 radical (unpaired) electrons. The van der Waals surface area contributed by atoms with Crippen LogP contribution in [0.5, 0.6) is 0 Å². The van der Waals surface area contributed by atoms with Gasteiger partial charge >= 0.3 is 5.97 Å². The number of rotatable bonds is 7. The maximum absolute atomic E-state index is 11.9. The quantitative estimate of drug-likeness (QED) is 0.572. The highest BCUT2D eigenvalue weighted by Gasteiger charge is 2.10. The van der Waals surface area contributed by atoms with Gasteiger partial charge in [-0.2, -0.15) is 0 Å². The van der Waals surface area contributed by atoms with Crippen molar-refractivity contribution in [3.63, 3.8) is 0 Å². The lowest BCUT2D eigenvalue weighted by Crippen LogP contribution is -2.08. The van der Waals surface area contributed by atoms with E-state index in [9.17, 15) is 9.59 Å². The van der Waals surface area contributed by atoms with Crippen LogP contribution in [-0.2, 0) is 16.1 Å². The molecule has 22 heavy (non-hydrogen) atoms. The number of ketones is 1. The minimum atomic E-state index is -0.372. The summed E-state index contributed by atoms with van der Waals surface area (Å²) in [4.78, 5) is 23.7. The Labute approximate surface area is 130 Å². The third kappa shape index (κ3) is 4.42. The Morgan fingerprint density at radius 2 is 1.64 bits per heavy atom. The lowest BCUT2D eigenvalue weighted by atomic mass is 10.1. The molecule has 0 aliphatic carbocycles. The first-order valence-corrected chi connectivity index (χ1v) is 7.15. The summed E-state index contributed by atoms with van der Waals surface area (Å²) in [5.74, 6) is -0.424. The van der Waals surface area contributed by atoms with Crippen molar-refractivity contribution in [2.75, 3.05) is 0 Å². The molecule has 0 aliphatic rings. The minimum Gasteiger partial charge on any atom is -0.461 e. The maximum Gasteiger partial charge on any atom is 0.306 e. The van der Waals surface area contributed by atoms with Gasteiger partial charge in [-0.1, -0.05) is 67.3 Å². The van der Waals surface area contributed by atoms with Gasteiger partial charge in [0, 0.05) is 12.0 Å². The van der Waals surface area contributed by atoms with Crippen LogP contribution in [0.1, 0.15) is 34.3 Å². The number of carbonyl (C=O) groups is 2. The van der Waals surface area contributed by atoms with Crippen molar-refractivity contribution < 1.29 is 14.3 Å². The van der Waals surface area contributed by atoms with E-state index in [1.54, 1.807) is 30.3 Å². The second-order valence-corrected chi connectivity index (χ2v) is 4.85. The Morgan fingerprint density at radius 1 is 0.955 bits per heavy atom. The molecule has 0 aromatic heterocycles. The molecule has 3 heteroatoms. The van der Waals surface area contributed by atoms with Gasteiger partial charge in [-0.25, -0.2) is 0 Å². The fourth-order valence-corrected chi connectivity index (χ4v) is 2.08. The number of ether oxygens (including phenoxy) is 1. The molecule has 3 nitrogen and oxygen atoms in total. The molecule has 0 unspecified atom stereocenters. The topological polar surface area (TPSA) is 43.4 Å². The zero-order valence-electron chi connectivity index (χ0n) is 12.3. The Kier molecular flexibility index (Phi) is 5.66. The van der Waals surface area contributed by atoms with Crippen molar-refractivity contribution in [1.82, 2.24) is 0 Å². The summed E-state index contributed by atoms with van der Waals surface area (Å²) in [5, 5.41) is 0. The highest BCUT2D eigenvalue weighted by Crippen LogP contribution is 2.12. The van der Waals surface area contributed by atoms with Gasteiger partial charge in [-0.3, -0.25) is 9.59 Å². The van der Waals surface area contributed by atoms with Gasteiger partial charge in [0.25, 0.3) is 0 Å². The van der Waals surface area contributed by atoms with E-state index < -0.39 is 0 Å². The van der Waals surface area contributed by atoms with Gasteiger partial charge < -0.3 is 4.74 Å². The van der Waals surface area contributed by atoms with Crippen LogP contribution >= 0.6 is 0 Å². The summed E-state index contributed by atoms with van der Waals surface area (Å²) in [7, 11) is 0. The number of carbonyl (C=O) groups excluding carboxylic acids is 2. The molecular formula is C19H18O3. The number of benzene rings is 2. The zero-order valence-corrected chi connectivity index (χ0v) is 12.3. The van der Waals surface area contributed by atoms with Crippen LogP contribution in [0.3, 0.4) is 0 Å². The van der Waals surface area contributed by atoms with Gasteiger partial charge in [-0.15, -0.1) is 0 Å². The van der Waals surface area contributed by atoms with Crippen LogP contribution in [0.2, 0.25) is 0 Å². The van der Waals surface area contributed by atoms with Crippen LogP contribution in [0.25, 0.3) is 6.08 Å². The fraction of sp³-hybridized carbons (Fsp3) is 0.158. The predicted octanol–water partition coefficient (Wildman–Crippen LogP) is 4.04. The van der Waals surface area contributed by atoms with Crippen molar-refractivity contribution >= 4 is 17.8 Å². The summed E-state index contributed by atoms with van der Waals surface area (Å²) in [5.41, 5.74) is 2.46.